The molecule has 2 heterocycles. The molecule has 2 aromatic carbocycles. The molecular weight excluding hydrogens is 523 g/mol. The van der Waals surface area contributed by atoms with Crippen LogP contribution in [0.15, 0.2) is 30.3 Å². The number of ether oxygens (including phenoxy) is 4. The normalized spacial score (nSPS) is 17.0. The molecule has 1 amide bonds. The van der Waals surface area contributed by atoms with E-state index >= 15 is 0 Å². The number of aromatic hydroxyl groups is 1. The van der Waals surface area contributed by atoms with Gasteiger partial charge in [0.1, 0.15) is 23.0 Å². The number of hydrogen-bond acceptors (Lipinski definition) is 10. The van der Waals surface area contributed by atoms with Crippen LogP contribution in [0, 0.1) is 11.7 Å². The van der Waals surface area contributed by atoms with E-state index in [0.29, 0.717) is 22.4 Å². The third kappa shape index (κ3) is 6.11. The molecule has 40 heavy (non-hydrogen) atoms. The van der Waals surface area contributed by atoms with E-state index in [0.717, 1.165) is 12.1 Å². The summed E-state index contributed by atoms with van der Waals surface area (Å²) in [6.07, 6.45) is -0.560. The number of rotatable bonds is 7. The number of fused-ring (bicyclic) bond motifs is 1. The molecule has 0 saturated carbocycles. The van der Waals surface area contributed by atoms with Crippen molar-refractivity contribution in [3.8, 4) is 28.6 Å². The molecule has 4 rings (SSSR count). The van der Waals surface area contributed by atoms with Gasteiger partial charge in [0.25, 0.3) is 0 Å². The van der Waals surface area contributed by atoms with Crippen molar-refractivity contribution in [2.45, 2.75) is 39.3 Å². The Morgan fingerprint density at radius 1 is 1.10 bits per heavy atom. The summed E-state index contributed by atoms with van der Waals surface area (Å²) in [5.41, 5.74) is -0.241. The third-order valence-electron chi connectivity index (χ3n) is 6.28. The van der Waals surface area contributed by atoms with E-state index in [2.05, 4.69) is 15.3 Å². The van der Waals surface area contributed by atoms with Crippen LogP contribution in [0.4, 0.5) is 15.0 Å². The lowest BCUT2D eigenvalue weighted by Crippen LogP contribution is -2.36. The average Bonchev–Trinajstić information content (AvgIpc) is 3.32. The average molecular weight is 557 g/mol. The fourth-order valence-corrected chi connectivity index (χ4v) is 4.46. The summed E-state index contributed by atoms with van der Waals surface area (Å²) in [7, 11) is 2.97. The molecule has 2 unspecified atom stereocenters. The zero-order chi connectivity index (χ0) is 29.2. The number of aromatic nitrogens is 2. The lowest BCUT2D eigenvalue weighted by Gasteiger charge is -2.24. The number of benzene rings is 2. The van der Waals surface area contributed by atoms with E-state index < -0.39 is 35.4 Å². The number of likely N-dealkylation sites (tertiary alicyclic amines) is 1. The summed E-state index contributed by atoms with van der Waals surface area (Å²) < 4.78 is 35.8. The molecule has 0 spiro atoms. The van der Waals surface area contributed by atoms with Gasteiger partial charge in [-0.2, -0.15) is 0 Å². The van der Waals surface area contributed by atoms with Crippen LogP contribution in [0.2, 0.25) is 0 Å². The zero-order valence-electron chi connectivity index (χ0n) is 23.3. The lowest BCUT2D eigenvalue weighted by atomic mass is 10.0. The van der Waals surface area contributed by atoms with E-state index in [-0.39, 0.29) is 42.7 Å². The fourth-order valence-electron chi connectivity index (χ4n) is 4.46. The molecule has 0 aliphatic carbocycles. The van der Waals surface area contributed by atoms with E-state index in [9.17, 15) is 19.1 Å². The highest BCUT2D eigenvalue weighted by molar-refractivity contribution is 5.94. The standard InChI is InChI=1S/C28H33FN4O7/c1-7-39-26(35)18-13-33(27(36)40-28(2,3)4)14-20(18)31-24-16-11-22(37-5)23(38-6)12-19(16)30-25(32-24)17-10-15(29)8-9-21(17)34/h8-12,18,20,34H,7,13-14H2,1-6H3,(H,30,31,32). The van der Waals surface area contributed by atoms with Crippen LogP contribution < -0.4 is 14.8 Å². The van der Waals surface area contributed by atoms with Gasteiger partial charge in [-0.15, -0.1) is 0 Å². The van der Waals surface area contributed by atoms with Crippen molar-refractivity contribution in [2.24, 2.45) is 5.92 Å². The van der Waals surface area contributed by atoms with Gasteiger partial charge >= 0.3 is 12.1 Å². The van der Waals surface area contributed by atoms with Crippen LogP contribution in [0.1, 0.15) is 27.7 Å². The van der Waals surface area contributed by atoms with Crippen molar-refractivity contribution in [1.29, 1.82) is 0 Å². The van der Waals surface area contributed by atoms with Gasteiger partial charge in [-0.25, -0.2) is 19.2 Å². The number of phenols is 1. The molecule has 1 fully saturated rings. The fraction of sp³-hybridized carbons (Fsp3) is 0.429. The number of nitrogens with one attached hydrogen (secondary N) is 1. The van der Waals surface area contributed by atoms with E-state index in [1.54, 1.807) is 39.8 Å². The monoisotopic (exact) mass is 556 g/mol. The molecule has 0 radical (unpaired) electrons. The highest BCUT2D eigenvalue weighted by Gasteiger charge is 2.42. The topological polar surface area (TPSA) is 132 Å². The van der Waals surface area contributed by atoms with Gasteiger partial charge in [0, 0.05) is 24.5 Å². The molecule has 1 aromatic heterocycles. The molecular formula is C28H33FN4O7. The minimum atomic E-state index is -0.733. The SMILES string of the molecule is CCOC(=O)C1CN(C(=O)OC(C)(C)C)CC1Nc1nc(-c2cc(F)ccc2O)nc2cc(OC)c(OC)cc12. The molecule has 2 N–H and O–H groups in total. The minimum Gasteiger partial charge on any atom is -0.507 e. The summed E-state index contributed by atoms with van der Waals surface area (Å²) in [4.78, 5) is 36.4. The highest BCUT2D eigenvalue weighted by atomic mass is 19.1. The summed E-state index contributed by atoms with van der Waals surface area (Å²) in [5.74, 6) is -0.889. The predicted molar refractivity (Wildman–Crippen MR) is 145 cm³/mol. The van der Waals surface area contributed by atoms with Gasteiger partial charge in [-0.05, 0) is 52.0 Å². The van der Waals surface area contributed by atoms with Crippen molar-refractivity contribution >= 4 is 28.8 Å². The van der Waals surface area contributed by atoms with Crippen LogP contribution in [-0.4, -0.2) is 77.6 Å². The molecule has 11 nitrogen and oxygen atoms in total. The van der Waals surface area contributed by atoms with Crippen LogP contribution in [0.25, 0.3) is 22.3 Å². The maximum Gasteiger partial charge on any atom is 0.410 e. The van der Waals surface area contributed by atoms with Crippen molar-refractivity contribution in [3.05, 3.63) is 36.1 Å². The Hall–Kier alpha value is -4.35. The Morgan fingerprint density at radius 3 is 2.45 bits per heavy atom. The molecule has 214 valence electrons. The van der Waals surface area contributed by atoms with Gasteiger partial charge < -0.3 is 34.3 Å². The van der Waals surface area contributed by atoms with Crippen LogP contribution in [0.5, 0.6) is 17.2 Å². The Morgan fingerprint density at radius 2 is 1.80 bits per heavy atom. The largest absolute Gasteiger partial charge is 0.507 e. The quantitative estimate of drug-likeness (QED) is 0.404. The van der Waals surface area contributed by atoms with Gasteiger partial charge in [0.05, 0.1) is 43.9 Å². The second kappa shape index (κ2) is 11.4. The number of nitrogens with zero attached hydrogens (tertiary/aromatic N) is 3. The lowest BCUT2D eigenvalue weighted by molar-refractivity contribution is -0.147. The number of hydrogen-bond donors (Lipinski definition) is 2. The summed E-state index contributed by atoms with van der Waals surface area (Å²) in [6.45, 7) is 7.36. The van der Waals surface area contributed by atoms with Gasteiger partial charge in [-0.1, -0.05) is 0 Å². The molecule has 3 aromatic rings. The molecule has 1 aliphatic rings. The Balaban J connectivity index is 1.81. The Kier molecular flexibility index (Phi) is 8.17. The Labute approximate surface area is 231 Å². The number of methoxy groups -OCH3 is 2. The van der Waals surface area contributed by atoms with Crippen LogP contribution >= 0.6 is 0 Å². The van der Waals surface area contributed by atoms with Gasteiger partial charge in [0.2, 0.25) is 0 Å². The number of phenolic OH excluding ortho intramolecular Hbond substituents is 1. The van der Waals surface area contributed by atoms with Gasteiger partial charge in [0.15, 0.2) is 17.3 Å². The molecule has 2 atom stereocenters. The summed E-state index contributed by atoms with van der Waals surface area (Å²) in [6, 6.07) is 6.15. The third-order valence-corrected chi connectivity index (χ3v) is 6.28. The second-order valence-corrected chi connectivity index (χ2v) is 10.3. The van der Waals surface area contributed by atoms with Crippen molar-refractivity contribution in [3.63, 3.8) is 0 Å². The van der Waals surface area contributed by atoms with Crippen molar-refractivity contribution in [2.75, 3.05) is 39.2 Å². The first kappa shape index (κ1) is 28.7. The van der Waals surface area contributed by atoms with Crippen LogP contribution in [-0.2, 0) is 14.3 Å². The Bertz CT molecular complexity index is 1430. The zero-order valence-corrected chi connectivity index (χ0v) is 23.3. The number of esters is 1. The smallest absolute Gasteiger partial charge is 0.410 e. The number of carbonyl (C=O) groups excluding carboxylic acids is 2. The van der Waals surface area contributed by atoms with Gasteiger partial charge in [-0.3, -0.25) is 4.79 Å². The molecule has 1 aliphatic heterocycles. The van der Waals surface area contributed by atoms with Crippen LogP contribution in [0.3, 0.4) is 0 Å². The highest BCUT2D eigenvalue weighted by Crippen LogP contribution is 2.37. The molecule has 1 saturated heterocycles. The molecule has 0 bridgehead atoms. The van der Waals surface area contributed by atoms with Crippen molar-refractivity contribution in [1.82, 2.24) is 14.9 Å². The number of amides is 1. The maximum atomic E-state index is 14.1. The predicted octanol–water partition coefficient (Wildman–Crippen LogP) is 4.37. The first-order valence-corrected chi connectivity index (χ1v) is 12.8. The van der Waals surface area contributed by atoms with Crippen molar-refractivity contribution < 1.29 is 38.0 Å². The summed E-state index contributed by atoms with van der Waals surface area (Å²) in [5, 5.41) is 14.2. The maximum absolute atomic E-state index is 14.1. The summed E-state index contributed by atoms with van der Waals surface area (Å²) >= 11 is 0. The number of halogens is 1. The van der Waals surface area contributed by atoms with E-state index in [4.69, 9.17) is 18.9 Å². The second-order valence-electron chi connectivity index (χ2n) is 10.3. The van der Waals surface area contributed by atoms with E-state index in [1.165, 1.54) is 25.2 Å². The first-order valence-electron chi connectivity index (χ1n) is 12.8. The van der Waals surface area contributed by atoms with E-state index in [1.807, 2.05) is 0 Å². The molecule has 12 heteroatoms. The number of anilines is 1. The first-order chi connectivity index (χ1) is 18.9. The minimum absolute atomic E-state index is 0.0360. The number of carbonyl (C=O) groups is 2.